The van der Waals surface area contributed by atoms with Gasteiger partial charge in [-0.25, -0.2) is 18.4 Å². The van der Waals surface area contributed by atoms with Crippen LogP contribution in [0.3, 0.4) is 0 Å². The summed E-state index contributed by atoms with van der Waals surface area (Å²) in [7, 11) is -1.42. The molecule has 0 spiro atoms. The molecule has 0 radical (unpaired) electrons. The Labute approximate surface area is 344 Å². The number of ether oxygens (including phenoxy) is 1. The van der Waals surface area contributed by atoms with E-state index in [0.29, 0.717) is 30.8 Å². The first-order valence-corrected chi connectivity index (χ1v) is 24.0. The third-order valence-electron chi connectivity index (χ3n) is 9.17. The number of carboxylic acids is 2. The highest BCUT2D eigenvalue weighted by Gasteiger charge is 2.37. The van der Waals surface area contributed by atoms with Crippen molar-refractivity contribution >= 4 is 49.7 Å². The Balaban J connectivity index is 1.95. The zero-order chi connectivity index (χ0) is 43.2. The Morgan fingerprint density at radius 2 is 1.69 bits per heavy atom. The van der Waals surface area contributed by atoms with E-state index in [-0.39, 0.29) is 48.9 Å². The van der Waals surface area contributed by atoms with Crippen molar-refractivity contribution in [1.29, 1.82) is 0 Å². The number of alkyl carbamates (subject to hydrolysis) is 1. The van der Waals surface area contributed by atoms with Crippen LogP contribution >= 0.6 is 11.8 Å². The van der Waals surface area contributed by atoms with Gasteiger partial charge in [0, 0.05) is 62.9 Å². The number of thioether (sulfide) groups is 1. The minimum absolute atomic E-state index is 0.0534. The Morgan fingerprint density at radius 3 is 2.31 bits per heavy atom. The van der Waals surface area contributed by atoms with Crippen LogP contribution in [0.25, 0.3) is 11.1 Å². The molecule has 58 heavy (non-hydrogen) atoms. The molecule has 1 aromatic heterocycles. The summed E-state index contributed by atoms with van der Waals surface area (Å²) in [6.07, 6.45) is 1.00. The first kappa shape index (κ1) is 47.6. The largest absolute Gasteiger partial charge is 0.480 e. The average Bonchev–Trinajstić information content (AvgIpc) is 3.53. The molecule has 13 nitrogen and oxygen atoms in total. The molecule has 0 fully saturated rings. The number of rotatable bonds is 22. The van der Waals surface area contributed by atoms with Gasteiger partial charge in [-0.2, -0.15) is 0 Å². The molecule has 0 saturated heterocycles. The molecule has 3 aromatic rings. The summed E-state index contributed by atoms with van der Waals surface area (Å²) in [6.45, 7) is 13.4. The van der Waals surface area contributed by atoms with Gasteiger partial charge in [0.1, 0.15) is 23.7 Å². The van der Waals surface area contributed by atoms with Crippen molar-refractivity contribution in [2.24, 2.45) is 11.1 Å². The van der Waals surface area contributed by atoms with Crippen molar-refractivity contribution < 1.29 is 47.7 Å². The molecule has 1 heterocycles. The van der Waals surface area contributed by atoms with Gasteiger partial charge in [-0.1, -0.05) is 70.7 Å². The number of hydrogen-bond donors (Lipinski definition) is 5. The van der Waals surface area contributed by atoms with Crippen LogP contribution in [0.2, 0.25) is 25.7 Å². The first-order valence-electron chi connectivity index (χ1n) is 19.1. The van der Waals surface area contributed by atoms with Gasteiger partial charge in [-0.3, -0.25) is 14.4 Å². The topological polar surface area (TPSA) is 193 Å². The fourth-order valence-corrected chi connectivity index (χ4v) is 7.78. The molecule has 3 amide bonds. The maximum atomic E-state index is 15.2. The Morgan fingerprint density at radius 1 is 1.00 bits per heavy atom. The maximum absolute atomic E-state index is 15.2. The summed E-state index contributed by atoms with van der Waals surface area (Å²) in [5.41, 5.74) is 6.85. The number of hydrogen-bond acceptors (Lipinski definition) is 8. The molecule has 17 heteroatoms. The molecule has 3 atom stereocenters. The lowest BCUT2D eigenvalue weighted by Crippen LogP contribution is -2.45. The number of carbonyl (C=O) groups is 5. The predicted octanol–water partition coefficient (Wildman–Crippen LogP) is 6.35. The molecule has 6 N–H and O–H groups in total. The molecule has 3 rings (SSSR count). The van der Waals surface area contributed by atoms with E-state index in [1.807, 2.05) is 55.7 Å². The van der Waals surface area contributed by atoms with Crippen LogP contribution < -0.4 is 16.4 Å². The monoisotopic (exact) mass is 845 g/mol. The minimum Gasteiger partial charge on any atom is -0.480 e. The second-order valence-electron chi connectivity index (χ2n) is 16.4. The highest BCUT2D eigenvalue weighted by molar-refractivity contribution is 8.00. The molecule has 0 aliphatic rings. The third kappa shape index (κ3) is 15.5. The molecule has 318 valence electrons. The van der Waals surface area contributed by atoms with Gasteiger partial charge in [0.15, 0.2) is 0 Å². The molecule has 0 saturated carbocycles. The van der Waals surface area contributed by atoms with E-state index < -0.39 is 67.2 Å². The van der Waals surface area contributed by atoms with Crippen molar-refractivity contribution in [2.75, 3.05) is 31.2 Å². The lowest BCUT2D eigenvalue weighted by Gasteiger charge is -2.41. The normalized spacial score (nSPS) is 13.3. The van der Waals surface area contributed by atoms with Gasteiger partial charge in [0.2, 0.25) is 11.8 Å². The number of aromatic nitrogens is 1. The van der Waals surface area contributed by atoms with Crippen molar-refractivity contribution in [2.45, 2.75) is 90.4 Å². The van der Waals surface area contributed by atoms with Crippen LogP contribution in [-0.4, -0.2) is 101 Å². The van der Waals surface area contributed by atoms with Crippen LogP contribution in [0.4, 0.5) is 13.6 Å². The van der Waals surface area contributed by atoms with Crippen LogP contribution in [0.1, 0.15) is 57.3 Å². The van der Waals surface area contributed by atoms with Gasteiger partial charge < -0.3 is 40.8 Å². The van der Waals surface area contributed by atoms with Crippen molar-refractivity contribution in [3.63, 3.8) is 0 Å². The molecular formula is C41H57F2N5O8SSi. The summed E-state index contributed by atoms with van der Waals surface area (Å²) in [5, 5.41) is 24.0. The smallest absolute Gasteiger partial charge is 0.407 e. The van der Waals surface area contributed by atoms with Crippen LogP contribution in [0.15, 0.2) is 60.8 Å². The van der Waals surface area contributed by atoms with E-state index in [1.54, 1.807) is 17.2 Å². The molecule has 0 aliphatic heterocycles. The predicted molar refractivity (Wildman–Crippen MR) is 223 cm³/mol. The summed E-state index contributed by atoms with van der Waals surface area (Å²) in [5.74, 6) is -5.27. The Kier molecular flexibility index (Phi) is 17.9. The minimum atomic E-state index is -1.42. The van der Waals surface area contributed by atoms with Gasteiger partial charge in [0.25, 0.3) is 0 Å². The average molecular weight is 846 g/mol. The number of nitrogens with zero attached hydrogens (tertiary/aromatic N) is 2. The standard InChI is InChI=1S/C41H57F2N5O8SSi/c1-41(2,3)37(34-21-28(30-22-29(42)13-14-31(30)43)24-47(34)23-27-11-8-7-9-12-27)48(18-10-17-45-40(55)56-19-20-58(4,5)6)36(50)26-57-25-33(39(53)54)46-35(49)16-15-32(44)38(51)52/h7-9,11-14,21-22,24,32-33,37H,10,15-20,23,25-26,44H2,1-6H3,(H,45,55)(H,46,49)(H,51,52)(H,53,54)/t32-,33-,37-/m0/s1. The van der Waals surface area contributed by atoms with Crippen LogP contribution in [0, 0.1) is 17.0 Å². The summed E-state index contributed by atoms with van der Waals surface area (Å²) >= 11 is 0.998. The van der Waals surface area contributed by atoms with E-state index >= 15 is 4.39 Å². The van der Waals surface area contributed by atoms with E-state index in [0.717, 1.165) is 41.6 Å². The quantitative estimate of drug-likeness (QED) is 0.0563. The molecule has 0 aliphatic carbocycles. The highest BCUT2D eigenvalue weighted by atomic mass is 32.2. The van der Waals surface area contributed by atoms with E-state index in [2.05, 4.69) is 30.3 Å². The Hall–Kier alpha value is -4.74. The highest BCUT2D eigenvalue weighted by Crippen LogP contribution is 2.41. The second-order valence-corrected chi connectivity index (χ2v) is 23.1. The zero-order valence-electron chi connectivity index (χ0n) is 34.1. The lowest BCUT2D eigenvalue weighted by atomic mass is 9.83. The molecule has 0 bridgehead atoms. The molecular weight excluding hydrogens is 789 g/mol. The van der Waals surface area contributed by atoms with E-state index in [4.69, 9.17) is 15.6 Å². The third-order valence-corrected chi connectivity index (χ3v) is 11.9. The summed E-state index contributed by atoms with van der Waals surface area (Å²) < 4.78 is 37.0. The van der Waals surface area contributed by atoms with E-state index in [1.165, 1.54) is 0 Å². The number of nitrogens with one attached hydrogen (secondary N) is 2. The summed E-state index contributed by atoms with van der Waals surface area (Å²) in [6, 6.07) is 12.0. The summed E-state index contributed by atoms with van der Waals surface area (Å²) in [4.78, 5) is 64.1. The molecule has 0 unspecified atom stereocenters. The van der Waals surface area contributed by atoms with Gasteiger partial charge in [-0.15, -0.1) is 11.8 Å². The van der Waals surface area contributed by atoms with Gasteiger partial charge in [-0.05, 0) is 54.1 Å². The Bertz CT molecular complexity index is 1870. The van der Waals surface area contributed by atoms with Crippen LogP contribution in [-0.2, 0) is 30.5 Å². The lowest BCUT2D eigenvalue weighted by molar-refractivity contribution is -0.141. The SMILES string of the molecule is CC(C)(C)[C@H](c1cc(-c2cc(F)ccc2F)cn1Cc1ccccc1)N(CCCNC(=O)OCC[Si](C)(C)C)C(=O)CSC[C@H](NC(=O)CC[C@H](N)C(=O)O)C(=O)O. The fourth-order valence-electron chi connectivity index (χ4n) is 6.15. The van der Waals surface area contributed by atoms with Crippen molar-refractivity contribution in [3.8, 4) is 11.1 Å². The van der Waals surface area contributed by atoms with Crippen molar-refractivity contribution in [3.05, 3.63) is 83.7 Å². The maximum Gasteiger partial charge on any atom is 0.407 e. The van der Waals surface area contributed by atoms with Gasteiger partial charge >= 0.3 is 18.0 Å². The number of aliphatic carboxylic acids is 2. The number of nitrogens with two attached hydrogens (primary N) is 1. The number of amides is 3. The molecule has 2 aromatic carbocycles. The zero-order valence-corrected chi connectivity index (χ0v) is 35.9. The van der Waals surface area contributed by atoms with Crippen molar-refractivity contribution in [1.82, 2.24) is 20.1 Å². The van der Waals surface area contributed by atoms with Crippen LogP contribution in [0.5, 0.6) is 0 Å². The van der Waals surface area contributed by atoms with Gasteiger partial charge in [0.05, 0.1) is 18.4 Å². The second kappa shape index (κ2) is 21.9. The number of carbonyl (C=O) groups excluding carboxylic acids is 3. The number of benzene rings is 2. The first-order chi connectivity index (χ1) is 27.2. The number of carboxylic acid groups (broad SMARTS) is 2. The fraction of sp³-hybridized carbons (Fsp3) is 0.488. The number of halogens is 2. The van der Waals surface area contributed by atoms with E-state index in [9.17, 15) is 33.5 Å².